The van der Waals surface area contributed by atoms with Crippen LogP contribution >= 0.6 is 0 Å². The number of aromatic nitrogens is 1. The fraction of sp³-hybridized carbons (Fsp3) is 0.353. The van der Waals surface area contributed by atoms with Gasteiger partial charge in [-0.15, -0.1) is 0 Å². The van der Waals surface area contributed by atoms with Gasteiger partial charge >= 0.3 is 0 Å². The standard InChI is InChI=1S/C17H22N2O2/c1-12-7-8-17(21-3)15(9-12)16(20)11-18-10-14-6-4-5-13(2)19-14/h4-9,16,18,20H,10-11H2,1-3H3. The predicted molar refractivity (Wildman–Crippen MR) is 83.4 cm³/mol. The van der Waals surface area contributed by atoms with Crippen molar-refractivity contribution in [2.24, 2.45) is 0 Å². The van der Waals surface area contributed by atoms with Gasteiger partial charge in [0, 0.05) is 24.3 Å². The number of hydrogen-bond acceptors (Lipinski definition) is 4. The first-order chi connectivity index (χ1) is 10.1. The van der Waals surface area contributed by atoms with E-state index >= 15 is 0 Å². The second kappa shape index (κ2) is 7.20. The number of rotatable bonds is 6. The van der Waals surface area contributed by atoms with Crippen molar-refractivity contribution >= 4 is 0 Å². The van der Waals surface area contributed by atoms with E-state index in [4.69, 9.17) is 4.74 Å². The van der Waals surface area contributed by atoms with E-state index in [1.54, 1.807) is 7.11 Å². The number of methoxy groups -OCH3 is 1. The van der Waals surface area contributed by atoms with Crippen LogP contribution in [-0.4, -0.2) is 23.7 Å². The fourth-order valence-electron chi connectivity index (χ4n) is 2.26. The first-order valence-corrected chi connectivity index (χ1v) is 7.06. The lowest BCUT2D eigenvalue weighted by atomic mass is 10.1. The van der Waals surface area contributed by atoms with E-state index in [0.717, 1.165) is 22.5 Å². The van der Waals surface area contributed by atoms with Crippen LogP contribution in [0.4, 0.5) is 0 Å². The highest BCUT2D eigenvalue weighted by atomic mass is 16.5. The summed E-state index contributed by atoms with van der Waals surface area (Å²) in [5.74, 6) is 0.712. The van der Waals surface area contributed by atoms with Crippen LogP contribution in [0.2, 0.25) is 0 Å². The highest BCUT2D eigenvalue weighted by Crippen LogP contribution is 2.25. The molecule has 0 bridgehead atoms. The molecular formula is C17H22N2O2. The third-order valence-corrected chi connectivity index (χ3v) is 3.33. The van der Waals surface area contributed by atoms with Crippen molar-refractivity contribution in [1.29, 1.82) is 0 Å². The molecule has 1 aromatic carbocycles. The van der Waals surface area contributed by atoms with Crippen LogP contribution in [0.5, 0.6) is 5.75 Å². The third-order valence-electron chi connectivity index (χ3n) is 3.33. The Morgan fingerprint density at radius 2 is 2.05 bits per heavy atom. The molecule has 2 aromatic rings. The number of ether oxygens (including phenoxy) is 1. The molecule has 0 aliphatic carbocycles. The Hall–Kier alpha value is -1.91. The zero-order chi connectivity index (χ0) is 15.2. The molecular weight excluding hydrogens is 264 g/mol. The van der Waals surface area contributed by atoms with Crippen molar-refractivity contribution in [2.75, 3.05) is 13.7 Å². The van der Waals surface area contributed by atoms with E-state index in [2.05, 4.69) is 10.3 Å². The van der Waals surface area contributed by atoms with Crippen LogP contribution in [0.1, 0.15) is 28.6 Å². The zero-order valence-electron chi connectivity index (χ0n) is 12.8. The van der Waals surface area contributed by atoms with Gasteiger partial charge in [-0.1, -0.05) is 17.7 Å². The molecule has 0 aliphatic rings. The van der Waals surface area contributed by atoms with E-state index in [-0.39, 0.29) is 0 Å². The Morgan fingerprint density at radius 3 is 2.76 bits per heavy atom. The fourth-order valence-corrected chi connectivity index (χ4v) is 2.26. The molecule has 0 spiro atoms. The summed E-state index contributed by atoms with van der Waals surface area (Å²) >= 11 is 0. The van der Waals surface area contributed by atoms with Gasteiger partial charge in [0.2, 0.25) is 0 Å². The predicted octanol–water partition coefficient (Wildman–Crippen LogP) is 2.53. The minimum atomic E-state index is -0.607. The average molecular weight is 286 g/mol. The van der Waals surface area contributed by atoms with Gasteiger partial charge in [-0.05, 0) is 38.1 Å². The van der Waals surface area contributed by atoms with E-state index in [1.807, 2.05) is 50.2 Å². The molecule has 4 heteroatoms. The topological polar surface area (TPSA) is 54.4 Å². The van der Waals surface area contributed by atoms with Gasteiger partial charge in [-0.2, -0.15) is 0 Å². The SMILES string of the molecule is COc1ccc(C)cc1C(O)CNCc1cccc(C)n1. The monoisotopic (exact) mass is 286 g/mol. The van der Waals surface area contributed by atoms with Crippen molar-refractivity contribution in [3.8, 4) is 5.75 Å². The number of benzene rings is 1. The van der Waals surface area contributed by atoms with Crippen LogP contribution in [0.3, 0.4) is 0 Å². The second-order valence-electron chi connectivity index (χ2n) is 5.16. The molecule has 112 valence electrons. The average Bonchev–Trinajstić information content (AvgIpc) is 2.47. The van der Waals surface area contributed by atoms with Gasteiger partial charge in [0.05, 0.1) is 18.9 Å². The Balaban J connectivity index is 1.95. The van der Waals surface area contributed by atoms with E-state index in [9.17, 15) is 5.11 Å². The molecule has 0 amide bonds. The minimum Gasteiger partial charge on any atom is -0.496 e. The van der Waals surface area contributed by atoms with Gasteiger partial charge < -0.3 is 15.2 Å². The van der Waals surface area contributed by atoms with E-state index < -0.39 is 6.10 Å². The lowest BCUT2D eigenvalue weighted by Crippen LogP contribution is -2.22. The molecule has 0 radical (unpaired) electrons. The number of aliphatic hydroxyl groups excluding tert-OH is 1. The highest BCUT2D eigenvalue weighted by Gasteiger charge is 2.13. The third kappa shape index (κ3) is 4.28. The summed E-state index contributed by atoms with van der Waals surface area (Å²) in [5.41, 5.74) is 3.88. The minimum absolute atomic E-state index is 0.454. The summed E-state index contributed by atoms with van der Waals surface area (Å²) in [4.78, 5) is 4.42. The van der Waals surface area contributed by atoms with Crippen molar-refractivity contribution in [3.05, 3.63) is 58.9 Å². The summed E-state index contributed by atoms with van der Waals surface area (Å²) < 4.78 is 5.30. The zero-order valence-corrected chi connectivity index (χ0v) is 12.8. The maximum Gasteiger partial charge on any atom is 0.124 e. The lowest BCUT2D eigenvalue weighted by molar-refractivity contribution is 0.170. The largest absolute Gasteiger partial charge is 0.496 e. The van der Waals surface area contributed by atoms with Crippen molar-refractivity contribution in [1.82, 2.24) is 10.3 Å². The Kier molecular flexibility index (Phi) is 5.31. The second-order valence-corrected chi connectivity index (χ2v) is 5.16. The molecule has 1 unspecified atom stereocenters. The molecule has 0 saturated carbocycles. The molecule has 0 saturated heterocycles. The van der Waals surface area contributed by atoms with Crippen LogP contribution < -0.4 is 10.1 Å². The first kappa shape index (κ1) is 15.5. The summed E-state index contributed by atoms with van der Waals surface area (Å²) in [6, 6.07) is 11.7. The van der Waals surface area contributed by atoms with Crippen LogP contribution in [0.25, 0.3) is 0 Å². The van der Waals surface area contributed by atoms with Crippen LogP contribution in [0, 0.1) is 13.8 Å². The Bertz CT molecular complexity index is 599. The summed E-state index contributed by atoms with van der Waals surface area (Å²) in [6.07, 6.45) is -0.607. The molecule has 2 rings (SSSR count). The first-order valence-electron chi connectivity index (χ1n) is 7.06. The molecule has 0 aliphatic heterocycles. The summed E-state index contributed by atoms with van der Waals surface area (Å²) in [6.45, 7) is 5.05. The van der Waals surface area contributed by atoms with E-state index in [1.165, 1.54) is 0 Å². The number of pyridine rings is 1. The quantitative estimate of drug-likeness (QED) is 0.857. The maximum absolute atomic E-state index is 10.3. The van der Waals surface area contributed by atoms with Gasteiger partial charge in [-0.25, -0.2) is 0 Å². The maximum atomic E-state index is 10.3. The van der Waals surface area contributed by atoms with Crippen molar-refractivity contribution in [3.63, 3.8) is 0 Å². The van der Waals surface area contributed by atoms with Crippen molar-refractivity contribution < 1.29 is 9.84 Å². The molecule has 1 heterocycles. The molecule has 2 N–H and O–H groups in total. The number of aliphatic hydroxyl groups is 1. The van der Waals surface area contributed by atoms with Gasteiger partial charge in [0.15, 0.2) is 0 Å². The summed E-state index contributed by atoms with van der Waals surface area (Å²) in [7, 11) is 1.62. The van der Waals surface area contributed by atoms with Gasteiger partial charge in [-0.3, -0.25) is 4.98 Å². The van der Waals surface area contributed by atoms with Crippen molar-refractivity contribution in [2.45, 2.75) is 26.5 Å². The molecule has 1 atom stereocenters. The van der Waals surface area contributed by atoms with Crippen LogP contribution in [0.15, 0.2) is 36.4 Å². The number of nitrogens with zero attached hydrogens (tertiary/aromatic N) is 1. The molecule has 21 heavy (non-hydrogen) atoms. The lowest BCUT2D eigenvalue weighted by Gasteiger charge is -2.16. The Labute approximate surface area is 125 Å². The molecule has 1 aromatic heterocycles. The number of nitrogens with one attached hydrogen (secondary N) is 1. The summed E-state index contributed by atoms with van der Waals surface area (Å²) in [5, 5.41) is 13.6. The number of aryl methyl sites for hydroxylation is 2. The highest BCUT2D eigenvalue weighted by molar-refractivity contribution is 5.38. The van der Waals surface area contributed by atoms with Gasteiger partial charge in [0.1, 0.15) is 5.75 Å². The number of hydrogen-bond donors (Lipinski definition) is 2. The van der Waals surface area contributed by atoms with E-state index in [0.29, 0.717) is 18.8 Å². The molecule has 4 nitrogen and oxygen atoms in total. The normalized spacial score (nSPS) is 12.2. The smallest absolute Gasteiger partial charge is 0.124 e. The van der Waals surface area contributed by atoms with Gasteiger partial charge in [0.25, 0.3) is 0 Å². The molecule has 0 fully saturated rings. The Morgan fingerprint density at radius 1 is 1.24 bits per heavy atom. The van der Waals surface area contributed by atoms with Crippen LogP contribution in [-0.2, 0) is 6.54 Å².